The van der Waals surface area contributed by atoms with Gasteiger partial charge < -0.3 is 15.2 Å². The Morgan fingerprint density at radius 3 is 3.00 bits per heavy atom. The molecular formula is C7H15N2O2S-. The summed E-state index contributed by atoms with van der Waals surface area (Å²) in [6, 6.07) is 0.235. The Morgan fingerprint density at radius 1 is 1.67 bits per heavy atom. The molecular weight excluding hydrogens is 176 g/mol. The van der Waals surface area contributed by atoms with Crippen molar-refractivity contribution >= 4 is 11.1 Å². The zero-order valence-corrected chi connectivity index (χ0v) is 7.89. The minimum Gasteiger partial charge on any atom is -0.772 e. The van der Waals surface area contributed by atoms with Crippen molar-refractivity contribution in [2.45, 2.75) is 18.9 Å². The van der Waals surface area contributed by atoms with Crippen LogP contribution in [0, 0.1) is 0 Å². The normalized spacial score (nSPS) is 28.7. The quantitative estimate of drug-likeness (QED) is 0.598. The highest BCUT2D eigenvalue weighted by Crippen LogP contribution is 2.07. The van der Waals surface area contributed by atoms with E-state index in [2.05, 4.69) is 4.90 Å². The summed E-state index contributed by atoms with van der Waals surface area (Å²) in [6.45, 7) is 2.46. The highest BCUT2D eigenvalue weighted by molar-refractivity contribution is 7.79. The van der Waals surface area contributed by atoms with Crippen LogP contribution in [0.1, 0.15) is 12.8 Å². The van der Waals surface area contributed by atoms with Gasteiger partial charge in [0.1, 0.15) is 0 Å². The van der Waals surface area contributed by atoms with E-state index in [9.17, 15) is 8.76 Å². The molecule has 1 heterocycles. The van der Waals surface area contributed by atoms with E-state index in [1.54, 1.807) is 0 Å². The first-order valence-electron chi connectivity index (χ1n) is 4.22. The van der Waals surface area contributed by atoms with Gasteiger partial charge in [-0.1, -0.05) is 11.1 Å². The molecule has 0 bridgehead atoms. The fraction of sp³-hybridized carbons (Fsp3) is 1.00. The van der Waals surface area contributed by atoms with Crippen LogP contribution >= 0.6 is 0 Å². The molecule has 72 valence electrons. The summed E-state index contributed by atoms with van der Waals surface area (Å²) >= 11 is -1.91. The van der Waals surface area contributed by atoms with Crippen LogP contribution in [0.25, 0.3) is 0 Å². The number of likely N-dealkylation sites (tertiary alicyclic amines) is 1. The van der Waals surface area contributed by atoms with Crippen LogP contribution in [0.2, 0.25) is 0 Å². The monoisotopic (exact) mass is 191 g/mol. The van der Waals surface area contributed by atoms with Crippen LogP contribution in [0.4, 0.5) is 0 Å². The Morgan fingerprint density at radius 2 is 2.42 bits per heavy atom. The van der Waals surface area contributed by atoms with Gasteiger partial charge in [-0.25, -0.2) is 0 Å². The van der Waals surface area contributed by atoms with Gasteiger partial charge in [0, 0.05) is 24.9 Å². The molecule has 1 fully saturated rings. The lowest BCUT2D eigenvalue weighted by Crippen LogP contribution is -2.44. The van der Waals surface area contributed by atoms with Crippen molar-refractivity contribution < 1.29 is 8.76 Å². The Balaban J connectivity index is 2.18. The largest absolute Gasteiger partial charge is 0.772 e. The molecule has 1 saturated heterocycles. The van der Waals surface area contributed by atoms with E-state index in [4.69, 9.17) is 5.73 Å². The van der Waals surface area contributed by atoms with Crippen molar-refractivity contribution in [2.24, 2.45) is 5.73 Å². The molecule has 1 rings (SSSR count). The third kappa shape index (κ3) is 3.62. The Hall–Kier alpha value is 0.0300. The number of nitrogens with two attached hydrogens (primary N) is 1. The second kappa shape index (κ2) is 4.91. The molecule has 12 heavy (non-hydrogen) atoms. The van der Waals surface area contributed by atoms with Gasteiger partial charge in [-0.2, -0.15) is 0 Å². The summed E-state index contributed by atoms with van der Waals surface area (Å²) in [5.41, 5.74) is 5.74. The molecule has 2 N–H and O–H groups in total. The third-order valence-electron chi connectivity index (χ3n) is 2.12. The molecule has 0 aromatic carbocycles. The molecule has 0 spiro atoms. The van der Waals surface area contributed by atoms with Crippen molar-refractivity contribution in [3.63, 3.8) is 0 Å². The zero-order valence-electron chi connectivity index (χ0n) is 7.07. The van der Waals surface area contributed by atoms with Crippen molar-refractivity contribution in [3.8, 4) is 0 Å². The fourth-order valence-corrected chi connectivity index (χ4v) is 1.91. The van der Waals surface area contributed by atoms with Gasteiger partial charge >= 0.3 is 0 Å². The standard InChI is InChI=1S/C7H16N2O2S/c8-7-2-1-3-9(6-7)4-5-12(10)11/h7H,1-6,8H2,(H,10,11)/p-1. The maximum absolute atomic E-state index is 10.3. The highest BCUT2D eigenvalue weighted by Gasteiger charge is 2.15. The molecule has 2 atom stereocenters. The van der Waals surface area contributed by atoms with E-state index in [-0.39, 0.29) is 11.8 Å². The molecule has 0 aromatic heterocycles. The molecule has 0 aromatic rings. The minimum absolute atomic E-state index is 0.229. The smallest absolute Gasteiger partial charge is 0.0229 e. The minimum atomic E-state index is -1.91. The molecule has 1 aliphatic heterocycles. The van der Waals surface area contributed by atoms with Gasteiger partial charge in [0.05, 0.1) is 0 Å². The number of hydrogen-bond donors (Lipinski definition) is 1. The van der Waals surface area contributed by atoms with Gasteiger partial charge in [0.25, 0.3) is 0 Å². The molecule has 1 aliphatic rings. The van der Waals surface area contributed by atoms with E-state index in [0.29, 0.717) is 6.54 Å². The number of rotatable bonds is 3. The first-order valence-corrected chi connectivity index (χ1v) is 5.46. The molecule has 0 amide bonds. The fourth-order valence-electron chi connectivity index (χ4n) is 1.50. The maximum Gasteiger partial charge on any atom is 0.0229 e. The second-order valence-corrected chi connectivity index (χ2v) is 4.23. The number of piperidine rings is 1. The van der Waals surface area contributed by atoms with Gasteiger partial charge in [-0.3, -0.25) is 4.21 Å². The van der Waals surface area contributed by atoms with Crippen LogP contribution in [0.15, 0.2) is 0 Å². The molecule has 0 aliphatic carbocycles. The van der Waals surface area contributed by atoms with Crippen LogP contribution in [-0.2, 0) is 11.1 Å². The first kappa shape index (κ1) is 10.1. The second-order valence-electron chi connectivity index (χ2n) is 3.21. The third-order valence-corrected chi connectivity index (χ3v) is 2.63. The lowest BCUT2D eigenvalue weighted by atomic mass is 10.1. The first-order chi connectivity index (χ1) is 5.68. The summed E-state index contributed by atoms with van der Waals surface area (Å²) < 4.78 is 20.5. The maximum atomic E-state index is 10.3. The molecule has 0 radical (unpaired) electrons. The van der Waals surface area contributed by atoms with Crippen LogP contribution < -0.4 is 5.73 Å². The van der Waals surface area contributed by atoms with E-state index >= 15 is 0 Å². The van der Waals surface area contributed by atoms with Crippen molar-refractivity contribution in [1.82, 2.24) is 4.90 Å². The van der Waals surface area contributed by atoms with E-state index in [0.717, 1.165) is 25.9 Å². The van der Waals surface area contributed by atoms with E-state index in [1.807, 2.05) is 0 Å². The summed E-state index contributed by atoms with van der Waals surface area (Å²) in [6.07, 6.45) is 2.16. The average molecular weight is 191 g/mol. The van der Waals surface area contributed by atoms with Crippen LogP contribution in [0.3, 0.4) is 0 Å². The van der Waals surface area contributed by atoms with E-state index in [1.165, 1.54) is 0 Å². The predicted octanol–water partition coefficient (Wildman–Crippen LogP) is -0.711. The number of hydrogen-bond acceptors (Lipinski definition) is 4. The van der Waals surface area contributed by atoms with E-state index < -0.39 is 11.1 Å². The highest BCUT2D eigenvalue weighted by atomic mass is 32.2. The van der Waals surface area contributed by atoms with Crippen molar-refractivity contribution in [3.05, 3.63) is 0 Å². The summed E-state index contributed by atoms with van der Waals surface area (Å²) in [5, 5.41) is 0. The van der Waals surface area contributed by atoms with Crippen molar-refractivity contribution in [1.29, 1.82) is 0 Å². The van der Waals surface area contributed by atoms with Crippen LogP contribution in [0.5, 0.6) is 0 Å². The van der Waals surface area contributed by atoms with Crippen LogP contribution in [-0.4, -0.2) is 45.1 Å². The number of nitrogens with zero attached hydrogens (tertiary/aromatic N) is 1. The lowest BCUT2D eigenvalue weighted by Gasteiger charge is -2.30. The van der Waals surface area contributed by atoms with Gasteiger partial charge in [-0.15, -0.1) is 0 Å². The molecule has 2 unspecified atom stereocenters. The Kier molecular flexibility index (Phi) is 4.14. The average Bonchev–Trinajstić information content (AvgIpc) is 2.01. The zero-order chi connectivity index (χ0) is 8.97. The molecule has 5 heteroatoms. The summed E-state index contributed by atoms with van der Waals surface area (Å²) in [7, 11) is 0. The van der Waals surface area contributed by atoms with Crippen molar-refractivity contribution in [2.75, 3.05) is 25.4 Å². The summed E-state index contributed by atoms with van der Waals surface area (Å²) in [5.74, 6) is 0.229. The SMILES string of the molecule is NC1CCCN(CCS(=O)[O-])C1. The topological polar surface area (TPSA) is 69.4 Å². The Labute approximate surface area is 75.4 Å². The van der Waals surface area contributed by atoms with Gasteiger partial charge in [0.2, 0.25) is 0 Å². The summed E-state index contributed by atoms with van der Waals surface area (Å²) in [4.78, 5) is 2.12. The molecule has 4 nitrogen and oxygen atoms in total. The van der Waals surface area contributed by atoms with Gasteiger partial charge in [0.15, 0.2) is 0 Å². The molecule has 0 saturated carbocycles. The lowest BCUT2D eigenvalue weighted by molar-refractivity contribution is 0.219. The van der Waals surface area contributed by atoms with Gasteiger partial charge in [-0.05, 0) is 19.4 Å². The Bertz CT molecular complexity index is 165. The predicted molar refractivity (Wildman–Crippen MR) is 47.4 cm³/mol.